The number of nitrogens with zero attached hydrogens (tertiary/aromatic N) is 3. The number of hydrogen-bond acceptors (Lipinski definition) is 3. The van der Waals surface area contributed by atoms with E-state index in [9.17, 15) is 0 Å². The number of pyridine rings is 1. The Labute approximate surface area is 218 Å². The van der Waals surface area contributed by atoms with Crippen LogP contribution in [-0.4, -0.2) is 16.4 Å². The van der Waals surface area contributed by atoms with Gasteiger partial charge in [0.2, 0.25) is 0 Å². The fourth-order valence-electron chi connectivity index (χ4n) is 4.75. The van der Waals surface area contributed by atoms with Crippen molar-refractivity contribution in [2.24, 2.45) is 9.98 Å². The third kappa shape index (κ3) is 7.00. The third-order valence-electron chi connectivity index (χ3n) is 6.53. The predicted molar refractivity (Wildman–Crippen MR) is 157 cm³/mol. The van der Waals surface area contributed by atoms with Crippen molar-refractivity contribution in [1.29, 1.82) is 0 Å². The van der Waals surface area contributed by atoms with Gasteiger partial charge in [0.1, 0.15) is 0 Å². The first-order valence-electron chi connectivity index (χ1n) is 13.8. The molecule has 0 N–H and O–H groups in total. The summed E-state index contributed by atoms with van der Waals surface area (Å²) in [6.07, 6.45) is 8.61. The highest BCUT2D eigenvalue weighted by atomic mass is 14.8. The van der Waals surface area contributed by atoms with Crippen LogP contribution in [0.1, 0.15) is 101 Å². The molecule has 0 aliphatic carbocycles. The number of aliphatic imine (C=N–C) groups is 2. The molecule has 3 nitrogen and oxygen atoms in total. The van der Waals surface area contributed by atoms with E-state index in [1.165, 1.54) is 22.3 Å². The van der Waals surface area contributed by atoms with E-state index in [2.05, 4.69) is 96.1 Å². The fraction of sp³-hybridized carbons (Fsp3) is 0.424. The average Bonchev–Trinajstić information content (AvgIpc) is 2.88. The van der Waals surface area contributed by atoms with Crippen LogP contribution >= 0.6 is 0 Å². The molecule has 0 radical (unpaired) electrons. The van der Waals surface area contributed by atoms with Crippen molar-refractivity contribution >= 4 is 22.8 Å². The van der Waals surface area contributed by atoms with E-state index in [1.54, 1.807) is 0 Å². The molecule has 0 spiro atoms. The molecule has 36 heavy (non-hydrogen) atoms. The summed E-state index contributed by atoms with van der Waals surface area (Å²) in [7, 11) is 0. The molecule has 1 heterocycles. The van der Waals surface area contributed by atoms with E-state index in [0.717, 1.165) is 85.6 Å². The predicted octanol–water partition coefficient (Wildman–Crippen LogP) is 9.17. The Hall–Kier alpha value is -3.07. The van der Waals surface area contributed by atoms with Crippen molar-refractivity contribution in [3.8, 4) is 0 Å². The maximum absolute atomic E-state index is 5.14. The second-order valence-corrected chi connectivity index (χ2v) is 9.65. The highest BCUT2D eigenvalue weighted by Gasteiger charge is 2.12. The van der Waals surface area contributed by atoms with Gasteiger partial charge in [-0.05, 0) is 73.9 Å². The van der Waals surface area contributed by atoms with Crippen molar-refractivity contribution in [2.45, 2.75) is 92.9 Å². The van der Waals surface area contributed by atoms with Gasteiger partial charge in [0.05, 0.1) is 34.2 Å². The minimum Gasteiger partial charge on any atom is -0.251 e. The minimum atomic E-state index is 0.909. The summed E-state index contributed by atoms with van der Waals surface area (Å²) in [6, 6.07) is 19.4. The van der Waals surface area contributed by atoms with Crippen molar-refractivity contribution in [3.63, 3.8) is 0 Å². The Morgan fingerprint density at radius 1 is 0.528 bits per heavy atom. The maximum atomic E-state index is 5.14. The maximum Gasteiger partial charge on any atom is 0.0849 e. The Bertz CT molecular complexity index is 1060. The largest absolute Gasteiger partial charge is 0.251 e. The monoisotopic (exact) mass is 481 g/mol. The molecule has 0 aliphatic rings. The molecule has 2 aromatic carbocycles. The van der Waals surface area contributed by atoms with Gasteiger partial charge in [-0.25, -0.2) is 4.98 Å². The van der Waals surface area contributed by atoms with Gasteiger partial charge in [-0.15, -0.1) is 0 Å². The Balaban J connectivity index is 2.01. The number of para-hydroxylation sites is 2. The van der Waals surface area contributed by atoms with Gasteiger partial charge in [-0.1, -0.05) is 95.8 Å². The lowest BCUT2D eigenvalue weighted by atomic mass is 10.00. The number of rotatable bonds is 12. The molecule has 3 heteroatoms. The Morgan fingerprint density at radius 3 is 1.14 bits per heavy atom. The van der Waals surface area contributed by atoms with Gasteiger partial charge in [0.15, 0.2) is 0 Å². The molecule has 190 valence electrons. The van der Waals surface area contributed by atoms with E-state index in [4.69, 9.17) is 15.0 Å². The van der Waals surface area contributed by atoms with Crippen molar-refractivity contribution < 1.29 is 0 Å². The summed E-state index contributed by atoms with van der Waals surface area (Å²) in [5.41, 5.74) is 11.3. The third-order valence-corrected chi connectivity index (χ3v) is 6.53. The van der Waals surface area contributed by atoms with E-state index in [1.807, 2.05) is 0 Å². The van der Waals surface area contributed by atoms with Gasteiger partial charge in [-0.2, -0.15) is 0 Å². The fourth-order valence-corrected chi connectivity index (χ4v) is 4.75. The molecular weight excluding hydrogens is 438 g/mol. The molecular formula is C33H43N3. The van der Waals surface area contributed by atoms with Crippen molar-refractivity contribution in [3.05, 3.63) is 88.2 Å². The van der Waals surface area contributed by atoms with Crippen LogP contribution in [0.5, 0.6) is 0 Å². The summed E-state index contributed by atoms with van der Waals surface area (Å²) in [5.74, 6) is 0. The van der Waals surface area contributed by atoms with Crippen molar-refractivity contribution in [1.82, 2.24) is 4.98 Å². The molecule has 0 amide bonds. The van der Waals surface area contributed by atoms with Gasteiger partial charge >= 0.3 is 0 Å². The number of aromatic nitrogens is 1. The summed E-state index contributed by atoms with van der Waals surface area (Å²) in [5, 5.41) is 0. The second-order valence-electron chi connectivity index (χ2n) is 9.65. The van der Waals surface area contributed by atoms with Gasteiger partial charge < -0.3 is 0 Å². The van der Waals surface area contributed by atoms with Crippen LogP contribution < -0.4 is 0 Å². The van der Waals surface area contributed by atoms with Crippen LogP contribution in [0.4, 0.5) is 11.4 Å². The van der Waals surface area contributed by atoms with Crippen LogP contribution in [0.15, 0.2) is 64.6 Å². The standard InChI is InChI=1S/C33H43N3/c1-7-14-26-18-11-19-27(15-8-2)32(26)34-24(5)30-22-13-23-31(36-30)25(6)35-33-28(16-9-3)20-12-21-29(33)17-10-4/h11-13,18-23H,7-10,14-17H2,1-6H3. The minimum absolute atomic E-state index is 0.909. The zero-order valence-corrected chi connectivity index (χ0v) is 23.2. The average molecular weight is 482 g/mol. The SMILES string of the molecule is CCCc1cccc(CCC)c1N=C(C)c1cccc(C(C)=Nc2c(CCC)cccc2CCC)n1. The summed E-state index contributed by atoms with van der Waals surface area (Å²) >= 11 is 0. The molecule has 1 aromatic heterocycles. The van der Waals surface area contributed by atoms with Crippen LogP contribution in [-0.2, 0) is 25.7 Å². The summed E-state index contributed by atoms with van der Waals surface area (Å²) in [4.78, 5) is 15.3. The first kappa shape index (κ1) is 27.5. The first-order valence-corrected chi connectivity index (χ1v) is 13.8. The molecule has 0 saturated carbocycles. The Morgan fingerprint density at radius 2 is 0.833 bits per heavy atom. The molecule has 3 rings (SSSR count). The summed E-state index contributed by atoms with van der Waals surface area (Å²) in [6.45, 7) is 13.1. The molecule has 0 aliphatic heterocycles. The molecule has 0 bridgehead atoms. The zero-order chi connectivity index (χ0) is 25.9. The molecule has 0 unspecified atom stereocenters. The summed E-state index contributed by atoms with van der Waals surface area (Å²) < 4.78 is 0. The van der Waals surface area contributed by atoms with Crippen LogP contribution in [0.2, 0.25) is 0 Å². The lowest BCUT2D eigenvalue weighted by Gasteiger charge is -2.13. The van der Waals surface area contributed by atoms with Crippen LogP contribution in [0, 0.1) is 0 Å². The molecule has 3 aromatic rings. The highest BCUT2D eigenvalue weighted by Crippen LogP contribution is 2.29. The highest BCUT2D eigenvalue weighted by molar-refractivity contribution is 6.02. The first-order chi connectivity index (χ1) is 17.5. The van der Waals surface area contributed by atoms with E-state index in [0.29, 0.717) is 0 Å². The molecule has 0 saturated heterocycles. The lowest BCUT2D eigenvalue weighted by molar-refractivity contribution is 0.895. The van der Waals surface area contributed by atoms with Gasteiger partial charge in [-0.3, -0.25) is 9.98 Å². The van der Waals surface area contributed by atoms with Gasteiger partial charge in [0.25, 0.3) is 0 Å². The number of benzene rings is 2. The zero-order valence-electron chi connectivity index (χ0n) is 23.2. The topological polar surface area (TPSA) is 37.6 Å². The van der Waals surface area contributed by atoms with E-state index in [-0.39, 0.29) is 0 Å². The normalized spacial score (nSPS) is 12.3. The quantitative estimate of drug-likeness (QED) is 0.238. The van der Waals surface area contributed by atoms with E-state index >= 15 is 0 Å². The molecule has 0 atom stereocenters. The van der Waals surface area contributed by atoms with Crippen molar-refractivity contribution in [2.75, 3.05) is 0 Å². The Kier molecular flexibility index (Phi) is 10.6. The van der Waals surface area contributed by atoms with E-state index < -0.39 is 0 Å². The van der Waals surface area contributed by atoms with Crippen LogP contribution in [0.25, 0.3) is 0 Å². The van der Waals surface area contributed by atoms with Gasteiger partial charge in [0, 0.05) is 0 Å². The number of aryl methyl sites for hydroxylation is 4. The smallest absolute Gasteiger partial charge is 0.0849 e. The second kappa shape index (κ2) is 13.9. The number of hydrogen-bond donors (Lipinski definition) is 0. The van der Waals surface area contributed by atoms with Crippen LogP contribution in [0.3, 0.4) is 0 Å². The lowest BCUT2D eigenvalue weighted by Crippen LogP contribution is -2.06. The molecule has 0 fully saturated rings.